The van der Waals surface area contributed by atoms with Gasteiger partial charge in [0, 0.05) is 13.2 Å². The van der Waals surface area contributed by atoms with Gasteiger partial charge in [0.05, 0.1) is 25.4 Å². The molecule has 0 aliphatic carbocycles. The first-order chi connectivity index (χ1) is 15.4. The zero-order valence-corrected chi connectivity index (χ0v) is 18.4. The van der Waals surface area contributed by atoms with E-state index in [9.17, 15) is 14.0 Å². The third-order valence-corrected chi connectivity index (χ3v) is 4.79. The van der Waals surface area contributed by atoms with E-state index in [1.54, 1.807) is 6.07 Å². The molecule has 0 aliphatic rings. The zero-order valence-electron chi connectivity index (χ0n) is 18.4. The van der Waals surface area contributed by atoms with E-state index in [0.717, 1.165) is 29.2 Å². The number of carbonyl (C=O) groups is 2. The maximum absolute atomic E-state index is 14.5. The number of benzene rings is 2. The van der Waals surface area contributed by atoms with Crippen LogP contribution < -0.4 is 0 Å². The fourth-order valence-electron chi connectivity index (χ4n) is 3.06. The second-order valence-electron chi connectivity index (χ2n) is 7.25. The van der Waals surface area contributed by atoms with E-state index >= 15 is 0 Å². The number of aryl methyl sites for hydroxylation is 2. The minimum atomic E-state index is -0.474. The number of carbonyl (C=O) groups excluding carboxylic acids is 2. The Morgan fingerprint density at radius 2 is 1.62 bits per heavy atom. The fraction of sp³-hybridized carbons (Fsp3) is 0.308. The zero-order chi connectivity index (χ0) is 23.3. The van der Waals surface area contributed by atoms with Crippen LogP contribution in [0.1, 0.15) is 24.0 Å². The van der Waals surface area contributed by atoms with Gasteiger partial charge in [0.15, 0.2) is 0 Å². The number of esters is 2. The lowest BCUT2D eigenvalue weighted by Crippen LogP contribution is -2.12. The van der Waals surface area contributed by atoms with Crippen LogP contribution >= 0.6 is 0 Å². The van der Waals surface area contributed by atoms with E-state index in [1.165, 1.54) is 13.2 Å². The quantitative estimate of drug-likeness (QED) is 0.254. The van der Waals surface area contributed by atoms with E-state index in [-0.39, 0.29) is 19.0 Å². The SMILES string of the molecule is C=CC(=O)OCCCc1ccc(-c2ccc(CCCOC(=O)C(=C)COC)cc2)cc1F. The molecular formula is C26H29FO5. The predicted octanol–water partition coefficient (Wildman–Crippen LogP) is 4.83. The lowest BCUT2D eigenvalue weighted by atomic mass is 9.99. The van der Waals surface area contributed by atoms with Crippen LogP contribution in [0.2, 0.25) is 0 Å². The highest BCUT2D eigenvalue weighted by atomic mass is 19.1. The van der Waals surface area contributed by atoms with Crippen molar-refractivity contribution in [3.63, 3.8) is 0 Å². The molecule has 2 aromatic rings. The van der Waals surface area contributed by atoms with Crippen molar-refractivity contribution >= 4 is 11.9 Å². The summed E-state index contributed by atoms with van der Waals surface area (Å²) in [5.41, 5.74) is 3.70. The lowest BCUT2D eigenvalue weighted by Gasteiger charge is -2.09. The van der Waals surface area contributed by atoms with E-state index in [2.05, 4.69) is 13.2 Å². The molecule has 0 aromatic heterocycles. The van der Waals surface area contributed by atoms with E-state index in [1.807, 2.05) is 30.3 Å². The van der Waals surface area contributed by atoms with E-state index in [4.69, 9.17) is 14.2 Å². The Balaban J connectivity index is 1.82. The number of hydrogen-bond acceptors (Lipinski definition) is 5. The highest BCUT2D eigenvalue weighted by molar-refractivity contribution is 5.87. The molecule has 0 atom stereocenters. The van der Waals surface area contributed by atoms with Crippen LogP contribution in [0.5, 0.6) is 0 Å². The highest BCUT2D eigenvalue weighted by Gasteiger charge is 2.08. The van der Waals surface area contributed by atoms with Crippen molar-refractivity contribution in [2.24, 2.45) is 0 Å². The normalized spacial score (nSPS) is 10.4. The molecule has 170 valence electrons. The molecule has 2 rings (SSSR count). The average molecular weight is 441 g/mol. The second-order valence-corrected chi connectivity index (χ2v) is 7.25. The molecule has 0 saturated heterocycles. The summed E-state index contributed by atoms with van der Waals surface area (Å²) in [7, 11) is 1.50. The Labute approximate surface area is 188 Å². The number of halogens is 1. The summed E-state index contributed by atoms with van der Waals surface area (Å²) in [5, 5.41) is 0. The maximum atomic E-state index is 14.5. The molecule has 32 heavy (non-hydrogen) atoms. The van der Waals surface area contributed by atoms with Gasteiger partial charge in [0.1, 0.15) is 5.82 Å². The van der Waals surface area contributed by atoms with Crippen molar-refractivity contribution in [2.75, 3.05) is 26.9 Å². The monoisotopic (exact) mass is 440 g/mol. The number of ether oxygens (including phenoxy) is 3. The molecule has 0 N–H and O–H groups in total. The first-order valence-electron chi connectivity index (χ1n) is 10.5. The first-order valence-corrected chi connectivity index (χ1v) is 10.5. The summed E-state index contributed by atoms with van der Waals surface area (Å²) in [6.07, 6.45) is 3.58. The van der Waals surface area contributed by atoms with Crippen LogP contribution in [-0.2, 0) is 36.6 Å². The number of methoxy groups -OCH3 is 1. The van der Waals surface area contributed by atoms with Crippen molar-refractivity contribution in [2.45, 2.75) is 25.7 Å². The number of hydrogen-bond donors (Lipinski definition) is 0. The van der Waals surface area contributed by atoms with Crippen molar-refractivity contribution in [1.82, 2.24) is 0 Å². The van der Waals surface area contributed by atoms with Crippen LogP contribution in [0.15, 0.2) is 67.3 Å². The summed E-state index contributed by atoms with van der Waals surface area (Å²) >= 11 is 0. The van der Waals surface area contributed by atoms with Crippen LogP contribution in [0, 0.1) is 5.82 Å². The Kier molecular flexibility index (Phi) is 10.3. The van der Waals surface area contributed by atoms with Crippen molar-refractivity contribution in [1.29, 1.82) is 0 Å². The van der Waals surface area contributed by atoms with Crippen molar-refractivity contribution < 1.29 is 28.2 Å². The molecule has 0 bridgehead atoms. The third kappa shape index (κ3) is 8.12. The highest BCUT2D eigenvalue weighted by Crippen LogP contribution is 2.23. The Morgan fingerprint density at radius 3 is 2.28 bits per heavy atom. The predicted molar refractivity (Wildman–Crippen MR) is 122 cm³/mol. The van der Waals surface area contributed by atoms with Gasteiger partial charge < -0.3 is 14.2 Å². The number of rotatable bonds is 13. The Bertz CT molecular complexity index is 934. The summed E-state index contributed by atoms with van der Waals surface area (Å²) in [4.78, 5) is 22.7. The molecule has 2 aromatic carbocycles. The Hall–Kier alpha value is -3.25. The molecule has 6 heteroatoms. The molecule has 0 fully saturated rings. The van der Waals surface area contributed by atoms with Gasteiger partial charge in [-0.3, -0.25) is 0 Å². The lowest BCUT2D eigenvalue weighted by molar-refractivity contribution is -0.140. The molecule has 0 saturated carbocycles. The van der Waals surface area contributed by atoms with Crippen LogP contribution in [-0.4, -0.2) is 38.9 Å². The third-order valence-electron chi connectivity index (χ3n) is 4.79. The summed E-state index contributed by atoms with van der Waals surface area (Å²) < 4.78 is 29.4. The molecule has 0 aliphatic heterocycles. The van der Waals surface area contributed by atoms with Crippen LogP contribution in [0.3, 0.4) is 0 Å². The van der Waals surface area contributed by atoms with Gasteiger partial charge in [0.2, 0.25) is 0 Å². The topological polar surface area (TPSA) is 61.8 Å². The largest absolute Gasteiger partial charge is 0.463 e. The smallest absolute Gasteiger partial charge is 0.335 e. The molecule has 0 radical (unpaired) electrons. The molecule has 5 nitrogen and oxygen atoms in total. The van der Waals surface area contributed by atoms with Gasteiger partial charge in [-0.2, -0.15) is 0 Å². The average Bonchev–Trinajstić information content (AvgIpc) is 2.80. The minimum Gasteiger partial charge on any atom is -0.463 e. The molecular weight excluding hydrogens is 411 g/mol. The molecule has 0 amide bonds. The molecule has 0 heterocycles. The first kappa shape index (κ1) is 25.0. The van der Waals surface area contributed by atoms with Gasteiger partial charge >= 0.3 is 11.9 Å². The van der Waals surface area contributed by atoms with Gasteiger partial charge in [-0.25, -0.2) is 14.0 Å². The summed E-state index contributed by atoms with van der Waals surface area (Å²) in [6.45, 7) is 7.64. The van der Waals surface area contributed by atoms with Gasteiger partial charge in [0.25, 0.3) is 0 Å². The summed E-state index contributed by atoms with van der Waals surface area (Å²) in [6, 6.07) is 13.0. The van der Waals surface area contributed by atoms with Crippen molar-refractivity contribution in [3.05, 3.63) is 84.2 Å². The van der Waals surface area contributed by atoms with Gasteiger partial charge in [-0.1, -0.05) is 49.6 Å². The van der Waals surface area contributed by atoms with Gasteiger partial charge in [-0.15, -0.1) is 0 Å². The van der Waals surface area contributed by atoms with Crippen LogP contribution in [0.4, 0.5) is 4.39 Å². The molecule has 0 unspecified atom stereocenters. The minimum absolute atomic E-state index is 0.160. The van der Waals surface area contributed by atoms with Gasteiger partial charge in [-0.05, 0) is 54.0 Å². The van der Waals surface area contributed by atoms with Crippen LogP contribution in [0.25, 0.3) is 11.1 Å². The van der Waals surface area contributed by atoms with E-state index < -0.39 is 11.9 Å². The Morgan fingerprint density at radius 1 is 0.969 bits per heavy atom. The maximum Gasteiger partial charge on any atom is 0.335 e. The second kappa shape index (κ2) is 13.2. The van der Waals surface area contributed by atoms with Crippen molar-refractivity contribution in [3.8, 4) is 11.1 Å². The molecule has 0 spiro atoms. The fourth-order valence-corrected chi connectivity index (χ4v) is 3.06. The van der Waals surface area contributed by atoms with E-state index in [0.29, 0.717) is 37.0 Å². The standard InChI is InChI=1S/C26H29FO5/c1-4-25(28)31-15-6-8-22-13-14-23(17-24(22)27)21-11-9-20(10-12-21)7-5-16-32-26(29)19(2)18-30-3/h4,9-14,17H,1-2,5-8,15-16,18H2,3H3. The summed E-state index contributed by atoms with van der Waals surface area (Å²) in [5.74, 6) is -1.19.